The highest BCUT2D eigenvalue weighted by molar-refractivity contribution is 7.91. The third-order valence-electron chi connectivity index (χ3n) is 3.97. The van der Waals surface area contributed by atoms with Crippen LogP contribution in [0.3, 0.4) is 0 Å². The number of hydrogen-bond donors (Lipinski definition) is 2. The van der Waals surface area contributed by atoms with Gasteiger partial charge >= 0.3 is 6.03 Å². The summed E-state index contributed by atoms with van der Waals surface area (Å²) in [7, 11) is -2.91. The molecule has 1 saturated heterocycles. The maximum Gasteiger partial charge on any atom is 0.319 e. The molecule has 1 fully saturated rings. The average Bonchev–Trinajstić information content (AvgIpc) is 2.87. The summed E-state index contributed by atoms with van der Waals surface area (Å²) < 4.78 is 22.7. The molecule has 8 heteroatoms. The summed E-state index contributed by atoms with van der Waals surface area (Å²) in [6.07, 6.45) is 2.23. The van der Waals surface area contributed by atoms with Crippen molar-refractivity contribution in [1.29, 1.82) is 0 Å². The van der Waals surface area contributed by atoms with Crippen LogP contribution in [0.1, 0.15) is 20.3 Å². The normalized spacial score (nSPS) is 19.3. The molecule has 128 valence electrons. The second-order valence-electron chi connectivity index (χ2n) is 5.68. The summed E-state index contributed by atoms with van der Waals surface area (Å²) in [6.45, 7) is 6.25. The molecular weight excluding hydrogens is 316 g/mol. The zero-order chi connectivity index (χ0) is 16.9. The molecule has 0 bridgehead atoms. The van der Waals surface area contributed by atoms with Crippen molar-refractivity contribution in [3.63, 3.8) is 0 Å². The van der Waals surface area contributed by atoms with Crippen molar-refractivity contribution in [2.24, 2.45) is 5.92 Å². The van der Waals surface area contributed by atoms with Gasteiger partial charge in [-0.15, -0.1) is 0 Å². The van der Waals surface area contributed by atoms with Crippen LogP contribution >= 0.6 is 0 Å². The van der Waals surface area contributed by atoms with Crippen LogP contribution in [0.5, 0.6) is 0 Å². The Hall–Kier alpha value is -1.83. The molecule has 0 radical (unpaired) electrons. The highest BCUT2D eigenvalue weighted by atomic mass is 32.2. The molecule has 0 saturated carbocycles. The van der Waals surface area contributed by atoms with Crippen molar-refractivity contribution in [2.45, 2.75) is 20.3 Å². The number of nitrogens with one attached hydrogen (secondary N) is 2. The van der Waals surface area contributed by atoms with E-state index >= 15 is 0 Å². The molecule has 1 aromatic heterocycles. The summed E-state index contributed by atoms with van der Waals surface area (Å²) in [5, 5.41) is 5.43. The van der Waals surface area contributed by atoms with Gasteiger partial charge in [0.1, 0.15) is 5.82 Å². The van der Waals surface area contributed by atoms with Crippen LogP contribution in [-0.4, -0.2) is 50.6 Å². The molecule has 2 heterocycles. The van der Waals surface area contributed by atoms with E-state index in [-0.39, 0.29) is 23.5 Å². The number of sulfone groups is 1. The summed E-state index contributed by atoms with van der Waals surface area (Å²) >= 11 is 0. The maximum absolute atomic E-state index is 11.9. The molecule has 0 spiro atoms. The zero-order valence-corrected chi connectivity index (χ0v) is 14.4. The standard InChI is InChI=1S/C15H24N4O3S/c1-3-19(4-2)14-6-5-13(10-16-14)18-15(20)17-9-12-7-8-23(21,22)11-12/h5-6,10,12H,3-4,7-9,11H2,1-2H3,(H2,17,18,20)/t12-/m0/s1. The Morgan fingerprint density at radius 1 is 1.35 bits per heavy atom. The van der Waals surface area contributed by atoms with E-state index in [0.29, 0.717) is 18.7 Å². The van der Waals surface area contributed by atoms with E-state index in [2.05, 4.69) is 34.4 Å². The first-order chi connectivity index (χ1) is 10.9. The van der Waals surface area contributed by atoms with E-state index in [1.165, 1.54) is 0 Å². The second-order valence-corrected chi connectivity index (χ2v) is 7.91. The second kappa shape index (κ2) is 7.63. The maximum atomic E-state index is 11.9. The van der Waals surface area contributed by atoms with Crippen molar-refractivity contribution in [1.82, 2.24) is 10.3 Å². The highest BCUT2D eigenvalue weighted by Gasteiger charge is 2.27. The number of rotatable bonds is 6. The lowest BCUT2D eigenvalue weighted by Gasteiger charge is -2.19. The average molecular weight is 340 g/mol. The Morgan fingerprint density at radius 3 is 2.61 bits per heavy atom. The van der Waals surface area contributed by atoms with E-state index in [4.69, 9.17) is 0 Å². The number of hydrogen-bond acceptors (Lipinski definition) is 5. The van der Waals surface area contributed by atoms with E-state index in [0.717, 1.165) is 18.9 Å². The van der Waals surface area contributed by atoms with E-state index < -0.39 is 9.84 Å². The minimum absolute atomic E-state index is 0.00826. The first kappa shape index (κ1) is 17.5. The SMILES string of the molecule is CCN(CC)c1ccc(NC(=O)NC[C@@H]2CCS(=O)(=O)C2)cn1. The topological polar surface area (TPSA) is 91.4 Å². The Balaban J connectivity index is 1.81. The lowest BCUT2D eigenvalue weighted by atomic mass is 10.1. The molecule has 0 aromatic carbocycles. The van der Waals surface area contributed by atoms with Crippen LogP contribution in [0.4, 0.5) is 16.3 Å². The van der Waals surface area contributed by atoms with Crippen LogP contribution in [-0.2, 0) is 9.84 Å². The van der Waals surface area contributed by atoms with Crippen molar-refractivity contribution in [2.75, 3.05) is 41.4 Å². The van der Waals surface area contributed by atoms with E-state index in [1.807, 2.05) is 6.07 Å². The van der Waals surface area contributed by atoms with Crippen LogP contribution in [0.25, 0.3) is 0 Å². The third-order valence-corrected chi connectivity index (χ3v) is 5.81. The molecule has 0 unspecified atom stereocenters. The van der Waals surface area contributed by atoms with Gasteiger partial charge < -0.3 is 15.5 Å². The minimum Gasteiger partial charge on any atom is -0.357 e. The number of carbonyl (C=O) groups is 1. The smallest absolute Gasteiger partial charge is 0.319 e. The van der Waals surface area contributed by atoms with Gasteiger partial charge in [-0.1, -0.05) is 0 Å². The molecule has 0 aliphatic carbocycles. The fraction of sp³-hybridized carbons (Fsp3) is 0.600. The van der Waals surface area contributed by atoms with Crippen LogP contribution in [0.15, 0.2) is 18.3 Å². The van der Waals surface area contributed by atoms with Gasteiger partial charge in [-0.25, -0.2) is 18.2 Å². The van der Waals surface area contributed by atoms with E-state index in [9.17, 15) is 13.2 Å². The Morgan fingerprint density at radius 2 is 2.09 bits per heavy atom. The zero-order valence-electron chi connectivity index (χ0n) is 13.6. The Kier molecular flexibility index (Phi) is 5.81. The molecule has 1 atom stereocenters. The van der Waals surface area contributed by atoms with Gasteiger partial charge in [0.2, 0.25) is 0 Å². The number of urea groups is 1. The molecule has 7 nitrogen and oxygen atoms in total. The predicted octanol–water partition coefficient (Wildman–Crippen LogP) is 1.48. The Bertz CT molecular complexity index is 627. The lowest BCUT2D eigenvalue weighted by molar-refractivity contribution is 0.250. The highest BCUT2D eigenvalue weighted by Crippen LogP contribution is 2.17. The number of nitrogens with zero attached hydrogens (tertiary/aromatic N) is 2. The molecule has 1 aliphatic heterocycles. The molecule has 1 aromatic rings. The number of carbonyl (C=O) groups excluding carboxylic acids is 1. The van der Waals surface area contributed by atoms with Gasteiger partial charge in [-0.05, 0) is 38.3 Å². The lowest BCUT2D eigenvalue weighted by Crippen LogP contribution is -2.33. The van der Waals surface area contributed by atoms with Crippen LogP contribution in [0.2, 0.25) is 0 Å². The van der Waals surface area contributed by atoms with Crippen LogP contribution < -0.4 is 15.5 Å². The molecule has 23 heavy (non-hydrogen) atoms. The van der Waals surface area contributed by atoms with Crippen molar-refractivity contribution >= 4 is 27.4 Å². The fourth-order valence-electron chi connectivity index (χ4n) is 2.64. The molecule has 2 N–H and O–H groups in total. The first-order valence-electron chi connectivity index (χ1n) is 7.89. The van der Waals surface area contributed by atoms with Gasteiger partial charge in [0.15, 0.2) is 9.84 Å². The molecule has 1 aliphatic rings. The summed E-state index contributed by atoms with van der Waals surface area (Å²) in [5.74, 6) is 1.26. The van der Waals surface area contributed by atoms with Gasteiger partial charge in [-0.3, -0.25) is 0 Å². The number of anilines is 2. The summed E-state index contributed by atoms with van der Waals surface area (Å²) in [6, 6.07) is 3.33. The van der Waals surface area contributed by atoms with Gasteiger partial charge in [0, 0.05) is 19.6 Å². The largest absolute Gasteiger partial charge is 0.357 e. The number of amides is 2. The Labute approximate surface area is 137 Å². The number of aromatic nitrogens is 1. The third kappa shape index (κ3) is 5.09. The van der Waals surface area contributed by atoms with Gasteiger partial charge in [-0.2, -0.15) is 0 Å². The minimum atomic E-state index is -2.91. The summed E-state index contributed by atoms with van der Waals surface area (Å²) in [5.41, 5.74) is 0.609. The van der Waals surface area contributed by atoms with Crippen LogP contribution in [0, 0.1) is 5.92 Å². The summed E-state index contributed by atoms with van der Waals surface area (Å²) in [4.78, 5) is 18.3. The number of pyridine rings is 1. The first-order valence-corrected chi connectivity index (χ1v) is 9.72. The quantitative estimate of drug-likeness (QED) is 0.818. The van der Waals surface area contributed by atoms with Crippen molar-refractivity contribution < 1.29 is 13.2 Å². The van der Waals surface area contributed by atoms with E-state index in [1.54, 1.807) is 12.3 Å². The monoisotopic (exact) mass is 340 g/mol. The van der Waals surface area contributed by atoms with Crippen molar-refractivity contribution in [3.05, 3.63) is 18.3 Å². The van der Waals surface area contributed by atoms with Gasteiger partial charge in [0.05, 0.1) is 23.4 Å². The van der Waals surface area contributed by atoms with Crippen molar-refractivity contribution in [3.8, 4) is 0 Å². The molecule has 2 rings (SSSR count). The molecular formula is C15H24N4O3S. The fourth-order valence-corrected chi connectivity index (χ4v) is 4.50. The molecule has 2 amide bonds. The van der Waals surface area contributed by atoms with Gasteiger partial charge in [0.25, 0.3) is 0 Å². The predicted molar refractivity (Wildman–Crippen MR) is 91.6 cm³/mol.